The van der Waals surface area contributed by atoms with Gasteiger partial charge in [-0.05, 0) is 144 Å². The number of nitrogens with one attached hydrogen (secondary N) is 4. The molecule has 2 aliphatic heterocycles. The first-order chi connectivity index (χ1) is 39.2. The molecule has 12 nitrogen and oxygen atoms in total. The molecule has 5 aromatic rings. The van der Waals surface area contributed by atoms with Crippen LogP contribution in [0.2, 0.25) is 0 Å². The van der Waals surface area contributed by atoms with E-state index in [-0.39, 0.29) is 85.7 Å². The first-order valence-electron chi connectivity index (χ1n) is 30.7. The molecule has 83 heavy (non-hydrogen) atoms. The van der Waals surface area contributed by atoms with Crippen molar-refractivity contribution in [2.75, 3.05) is 21.3 Å². The maximum absolute atomic E-state index is 14.2. The third-order valence-corrected chi connectivity index (χ3v) is 18.9. The predicted molar refractivity (Wildman–Crippen MR) is 335 cm³/mol. The molecule has 0 saturated heterocycles. The minimum atomic E-state index is -0.145. The van der Waals surface area contributed by atoms with E-state index in [1.54, 1.807) is 0 Å². The van der Waals surface area contributed by atoms with Crippen LogP contribution < -0.4 is 31.2 Å². The molecule has 11 rings (SSSR count). The van der Waals surface area contributed by atoms with Crippen LogP contribution in [-0.2, 0) is 48.8 Å². The van der Waals surface area contributed by atoms with Gasteiger partial charge in [0.25, 0.3) is 0 Å². The Morgan fingerprint density at radius 3 is 0.976 bits per heavy atom. The van der Waals surface area contributed by atoms with Crippen LogP contribution >= 0.6 is 0 Å². The van der Waals surface area contributed by atoms with Crippen molar-refractivity contribution in [1.82, 2.24) is 19.9 Å². The minimum Gasteiger partial charge on any atom is -0.657 e. The van der Waals surface area contributed by atoms with Crippen molar-refractivity contribution in [2.45, 2.75) is 172 Å². The topological polar surface area (TPSA) is 170 Å². The molecule has 4 amide bonds. The fourth-order valence-electron chi connectivity index (χ4n) is 12.6. The summed E-state index contributed by atoms with van der Waals surface area (Å²) in [6.45, 7) is 21.5. The van der Waals surface area contributed by atoms with Crippen LogP contribution in [0.1, 0.15) is 193 Å². The fourth-order valence-corrected chi connectivity index (χ4v) is 12.6. The number of anilines is 4. The molecule has 4 N–H and O–H groups in total. The summed E-state index contributed by atoms with van der Waals surface area (Å²) in [7, 11) is 0. The van der Waals surface area contributed by atoms with Gasteiger partial charge in [-0.15, -0.1) is 22.1 Å². The summed E-state index contributed by atoms with van der Waals surface area (Å²) < 4.78 is 0. The number of carbonyl (C=O) groups excluding carboxylic acids is 4. The Balaban J connectivity index is 0.00000769. The van der Waals surface area contributed by atoms with E-state index in [1.807, 2.05) is 60.7 Å². The van der Waals surface area contributed by atoms with E-state index >= 15 is 0 Å². The molecule has 2 aromatic carbocycles. The van der Waals surface area contributed by atoms with Gasteiger partial charge in [0.2, 0.25) is 23.6 Å². The van der Waals surface area contributed by atoms with Crippen LogP contribution in [0.25, 0.3) is 68.6 Å². The van der Waals surface area contributed by atoms with Crippen molar-refractivity contribution in [3.8, 4) is 22.3 Å². The molecule has 4 aliphatic carbocycles. The van der Waals surface area contributed by atoms with Crippen LogP contribution in [0.5, 0.6) is 0 Å². The molecule has 3 aromatic heterocycles. The van der Waals surface area contributed by atoms with Gasteiger partial charge in [-0.3, -0.25) is 19.2 Å². The third-order valence-electron chi connectivity index (χ3n) is 18.9. The van der Waals surface area contributed by atoms with Crippen LogP contribution in [0.3, 0.4) is 0 Å². The largest absolute Gasteiger partial charge is 2.00 e. The van der Waals surface area contributed by atoms with Gasteiger partial charge in [-0.25, -0.2) is 9.97 Å². The summed E-state index contributed by atoms with van der Waals surface area (Å²) in [6.07, 6.45) is 23.6. The predicted octanol–water partition coefficient (Wildman–Crippen LogP) is 16.2. The van der Waals surface area contributed by atoms with E-state index < -0.39 is 0 Å². The van der Waals surface area contributed by atoms with Crippen LogP contribution in [-0.4, -0.2) is 33.6 Å². The smallest absolute Gasteiger partial charge is 0.657 e. The van der Waals surface area contributed by atoms with Gasteiger partial charge < -0.3 is 31.2 Å². The number of unbranched alkanes of at least 4 members (excludes halogenated alkanes) is 8. The van der Waals surface area contributed by atoms with E-state index in [2.05, 4.69) is 115 Å². The van der Waals surface area contributed by atoms with Gasteiger partial charge in [-0.1, -0.05) is 157 Å². The zero-order valence-electron chi connectivity index (χ0n) is 50.5. The number of fused-ring (bicyclic) bond motifs is 8. The molecular weight excluding hydrogens is 1080 g/mol. The Hall–Kier alpha value is -6.57. The second kappa shape index (κ2) is 23.5. The van der Waals surface area contributed by atoms with Gasteiger partial charge in [0.1, 0.15) is 0 Å². The maximum atomic E-state index is 14.2. The number of nitrogens with zero attached hydrogens (tertiary/aromatic N) is 4. The Bertz CT molecular complexity index is 3270. The summed E-state index contributed by atoms with van der Waals surface area (Å²) >= 11 is 0. The zero-order valence-corrected chi connectivity index (χ0v) is 51.5. The molecule has 0 spiro atoms. The van der Waals surface area contributed by atoms with Crippen molar-refractivity contribution in [1.29, 1.82) is 0 Å². The number of aryl methyl sites for hydroxylation is 2. The van der Waals surface area contributed by atoms with Crippen molar-refractivity contribution >= 4 is 92.7 Å². The molecule has 13 heteroatoms. The minimum absolute atomic E-state index is 0. The van der Waals surface area contributed by atoms with E-state index in [4.69, 9.17) is 19.9 Å². The SMILES string of the molecule is CCCCCCCc1c2nc(c(-c3c(NC(=O)[C@H]4CC4(C)C)cccc3NC(=O)[C@@H]3CC3(C)C)c3ccc([n-]3)c(CCCCCCC)c3nc(c(-c4c(NC(=O)[C@H]5CC5(C)C)cccc4NC(=O)[C@@H]4CC4(C)C)c4ccc1[n-]4)C=C3)C=C2.[Co+2]. The van der Waals surface area contributed by atoms with Crippen LogP contribution in [0.15, 0.2) is 60.7 Å². The molecule has 8 bridgehead atoms. The summed E-state index contributed by atoms with van der Waals surface area (Å²) in [6, 6.07) is 19.8. The van der Waals surface area contributed by atoms with Gasteiger partial charge in [0.05, 0.1) is 45.5 Å². The number of rotatable bonds is 22. The van der Waals surface area contributed by atoms with E-state index in [9.17, 15) is 19.2 Å². The summed E-state index contributed by atoms with van der Waals surface area (Å²) in [5.74, 6) is -0.793. The first kappa shape index (κ1) is 59.6. The van der Waals surface area contributed by atoms with Gasteiger partial charge in [0.15, 0.2) is 0 Å². The number of hydrogen-bond acceptors (Lipinski definition) is 6. The van der Waals surface area contributed by atoms with Gasteiger partial charge in [-0.2, -0.15) is 0 Å². The monoisotopic (exact) mass is 1160 g/mol. The van der Waals surface area contributed by atoms with E-state index in [0.29, 0.717) is 80.3 Å². The third kappa shape index (κ3) is 12.6. The van der Waals surface area contributed by atoms with Gasteiger partial charge in [0, 0.05) is 34.8 Å². The Labute approximate surface area is 501 Å². The summed E-state index contributed by atoms with van der Waals surface area (Å²) in [5.41, 5.74) is 12.3. The van der Waals surface area contributed by atoms with Crippen LogP contribution in [0, 0.1) is 45.3 Å². The van der Waals surface area contributed by atoms with Gasteiger partial charge >= 0.3 is 16.8 Å². The number of benzene rings is 2. The normalized spacial score (nSPS) is 20.5. The summed E-state index contributed by atoms with van der Waals surface area (Å²) in [4.78, 5) is 79.3. The molecule has 0 unspecified atom stereocenters. The average Bonchev–Trinajstić information content (AvgIpc) is 4.10. The molecule has 4 saturated carbocycles. The van der Waals surface area contributed by atoms with Crippen LogP contribution in [0.4, 0.5) is 22.7 Å². The second-order valence-corrected chi connectivity index (χ2v) is 27.3. The zero-order chi connectivity index (χ0) is 57.9. The number of aromatic nitrogens is 4. The molecule has 437 valence electrons. The van der Waals surface area contributed by atoms with Crippen molar-refractivity contribution < 1.29 is 36.0 Å². The maximum Gasteiger partial charge on any atom is 2.00 e. The Kier molecular flexibility index (Phi) is 16.8. The molecule has 6 aliphatic rings. The number of amides is 4. The van der Waals surface area contributed by atoms with Crippen molar-refractivity contribution in [2.24, 2.45) is 45.3 Å². The molecule has 5 heterocycles. The summed E-state index contributed by atoms with van der Waals surface area (Å²) in [5, 5.41) is 13.4. The van der Waals surface area contributed by atoms with Crippen molar-refractivity contribution in [3.63, 3.8) is 0 Å². The molecular formula is C70H84CoN8O4. The fraction of sp³-hybridized carbons (Fsp3) is 0.486. The standard InChI is InChI=1S/C70H86N8O4.Co/c1-11-13-15-17-19-23-41-47-29-33-55(71-47)61(59-51(75-63(79)43-37-67(43,3)4)25-21-26-52(59)76-64(80)44-38-68(44,5)6)57-35-31-49(73-57)42(24-20-18-16-14-12-2)50-32-36-58(74-50)62(56-34-30-48(41)72-56)60-53(77-65(81)45-39-69(45,7)8)27-22-28-54(60)78-66(82)46-40-70(46,9)10;/h21-22,25-36,43-46H,11-20,23-24,37-40H2,1-10H3,(H6,71,72,73,74,75,76,77,78,79,80,81,82);/q;+2/p-2/t43-,44+,45-,46+;. The quantitative estimate of drug-likeness (QED) is 0.0486. The van der Waals surface area contributed by atoms with Crippen molar-refractivity contribution in [3.05, 3.63) is 94.6 Å². The Morgan fingerprint density at radius 2 is 0.687 bits per heavy atom. The van der Waals surface area contributed by atoms with E-state index in [1.165, 1.54) is 0 Å². The second-order valence-electron chi connectivity index (χ2n) is 27.3. The number of carbonyl (C=O) groups is 4. The molecule has 4 atom stereocenters. The molecule has 4 fully saturated rings. The Morgan fingerprint density at radius 1 is 0.410 bits per heavy atom. The van der Waals surface area contributed by atoms with E-state index in [0.717, 1.165) is 123 Å². The number of hydrogen-bond donors (Lipinski definition) is 4. The first-order valence-corrected chi connectivity index (χ1v) is 30.7. The molecule has 1 radical (unpaired) electrons. The average molecular weight is 1160 g/mol.